The third-order valence-electron chi connectivity index (χ3n) is 10.8. The van der Waals surface area contributed by atoms with Crippen LogP contribution in [0.2, 0.25) is 0 Å². The second kappa shape index (κ2) is 17.7. The van der Waals surface area contributed by atoms with E-state index >= 15 is 0 Å². The summed E-state index contributed by atoms with van der Waals surface area (Å²) in [6, 6.07) is 62.3. The Bertz CT molecular complexity index is 2740. The molecule has 0 fully saturated rings. The van der Waals surface area contributed by atoms with Crippen LogP contribution in [0.5, 0.6) is 0 Å². The Balaban J connectivity index is 0.863. The van der Waals surface area contributed by atoms with E-state index < -0.39 is 0 Å². The van der Waals surface area contributed by atoms with Crippen LogP contribution in [0.4, 0.5) is 11.4 Å². The van der Waals surface area contributed by atoms with Crippen LogP contribution in [0, 0.1) is 0 Å². The molecule has 9 aromatic rings. The zero-order valence-corrected chi connectivity index (χ0v) is 35.2. The Labute approximate surface area is 363 Å². The predicted molar refractivity (Wildman–Crippen MR) is 259 cm³/mol. The number of rotatable bonds is 12. The number of aromatic nitrogens is 2. The summed E-state index contributed by atoms with van der Waals surface area (Å²) in [5.41, 5.74) is 14.2. The highest BCUT2D eigenvalue weighted by Crippen LogP contribution is 2.38. The molecule has 7 aromatic carbocycles. The fourth-order valence-corrected chi connectivity index (χ4v) is 7.26. The first kappa shape index (κ1) is 39.5. The molecular weight excluding hydrogens is 761 g/mol. The van der Waals surface area contributed by atoms with Gasteiger partial charge in [-0.25, -0.2) is 9.97 Å². The Morgan fingerprint density at radius 3 is 0.919 bits per heavy atom. The van der Waals surface area contributed by atoms with Crippen LogP contribution in [-0.2, 0) is 0 Å². The maximum atomic E-state index is 6.46. The molecule has 9 rings (SSSR count). The van der Waals surface area contributed by atoms with Crippen LogP contribution in [0.3, 0.4) is 0 Å². The van der Waals surface area contributed by atoms with Gasteiger partial charge < -0.3 is 18.6 Å². The molecule has 0 unspecified atom stereocenters. The maximum Gasteiger partial charge on any atom is 0.227 e. The zero-order chi connectivity index (χ0) is 42.4. The van der Waals surface area contributed by atoms with E-state index in [4.69, 9.17) is 18.8 Å². The van der Waals surface area contributed by atoms with E-state index in [1.807, 2.05) is 64.6 Å². The molecule has 0 amide bonds. The van der Waals surface area contributed by atoms with Gasteiger partial charge in [-0.1, -0.05) is 158 Å². The fourth-order valence-electron chi connectivity index (χ4n) is 7.26. The van der Waals surface area contributed by atoms with Gasteiger partial charge in [-0.05, 0) is 70.8 Å². The summed E-state index contributed by atoms with van der Waals surface area (Å²) in [5.74, 6) is 2.70. The standard InChI is InChI=1S/C56H46N4O2/c1-59(2)49-35-31-43(32-36-49)51-53(45-11-7-5-8-12-45)61-55(57-51)47-27-23-41(24-28-47)21-19-39-15-17-40(18-16-39)20-22-42-25-29-48(30-26-42)56-58-52(44-33-37-50(38-34-44)60(3)4)54(62-56)46-13-9-6-10-14-46/h5-38H,1-4H3/b21-19+,22-20+. The average Bonchev–Trinajstić information content (AvgIpc) is 3.98. The van der Waals surface area contributed by atoms with Gasteiger partial charge in [-0.2, -0.15) is 0 Å². The molecule has 0 bridgehead atoms. The van der Waals surface area contributed by atoms with Crippen molar-refractivity contribution in [3.8, 4) is 68.1 Å². The molecule has 0 spiro atoms. The van der Waals surface area contributed by atoms with Crippen molar-refractivity contribution in [2.45, 2.75) is 0 Å². The second-order valence-corrected chi connectivity index (χ2v) is 15.6. The lowest BCUT2D eigenvalue weighted by atomic mass is 10.1. The first-order chi connectivity index (χ1) is 30.3. The summed E-state index contributed by atoms with van der Waals surface area (Å²) in [4.78, 5) is 14.2. The van der Waals surface area contributed by atoms with Crippen molar-refractivity contribution in [2.24, 2.45) is 0 Å². The molecule has 0 aliphatic heterocycles. The summed E-state index contributed by atoms with van der Waals surface area (Å²) in [7, 11) is 8.16. The van der Waals surface area contributed by atoms with Gasteiger partial charge in [0, 0.05) is 72.9 Å². The van der Waals surface area contributed by atoms with Gasteiger partial charge in [0.05, 0.1) is 0 Å². The molecule has 0 atom stereocenters. The number of benzene rings is 7. The fraction of sp³-hybridized carbons (Fsp3) is 0.0714. The topological polar surface area (TPSA) is 58.5 Å². The molecule has 6 heteroatoms. The van der Waals surface area contributed by atoms with Crippen molar-refractivity contribution in [3.05, 3.63) is 204 Å². The molecule has 302 valence electrons. The van der Waals surface area contributed by atoms with Crippen molar-refractivity contribution >= 4 is 35.7 Å². The van der Waals surface area contributed by atoms with Crippen molar-refractivity contribution < 1.29 is 8.83 Å². The van der Waals surface area contributed by atoms with Crippen molar-refractivity contribution in [2.75, 3.05) is 38.0 Å². The van der Waals surface area contributed by atoms with Crippen LogP contribution in [-0.4, -0.2) is 38.2 Å². The lowest BCUT2D eigenvalue weighted by Crippen LogP contribution is -2.07. The molecule has 0 saturated carbocycles. The van der Waals surface area contributed by atoms with E-state index in [2.05, 4.69) is 180 Å². The zero-order valence-electron chi connectivity index (χ0n) is 35.2. The maximum absolute atomic E-state index is 6.46. The van der Waals surface area contributed by atoms with E-state index in [0.29, 0.717) is 11.8 Å². The minimum absolute atomic E-state index is 0.592. The third kappa shape index (κ3) is 8.81. The number of anilines is 2. The predicted octanol–water partition coefficient (Wildman–Crippen LogP) is 14.1. The molecule has 0 N–H and O–H groups in total. The van der Waals surface area contributed by atoms with Gasteiger partial charge in [-0.15, -0.1) is 0 Å². The summed E-state index contributed by atoms with van der Waals surface area (Å²) in [6.45, 7) is 0. The number of nitrogens with zero attached hydrogens (tertiary/aromatic N) is 4. The molecule has 0 aliphatic carbocycles. The lowest BCUT2D eigenvalue weighted by molar-refractivity contribution is 0.589. The first-order valence-corrected chi connectivity index (χ1v) is 20.7. The van der Waals surface area contributed by atoms with Gasteiger partial charge in [0.2, 0.25) is 11.8 Å². The molecule has 2 heterocycles. The summed E-state index contributed by atoms with van der Waals surface area (Å²) in [6.07, 6.45) is 8.51. The highest BCUT2D eigenvalue weighted by molar-refractivity contribution is 5.82. The van der Waals surface area contributed by atoms with Crippen LogP contribution < -0.4 is 9.80 Å². The normalized spacial score (nSPS) is 11.4. The Hall–Kier alpha value is -7.96. The summed E-state index contributed by atoms with van der Waals surface area (Å²) >= 11 is 0. The van der Waals surface area contributed by atoms with Crippen LogP contribution >= 0.6 is 0 Å². The summed E-state index contributed by atoms with van der Waals surface area (Å²) in [5, 5.41) is 0. The van der Waals surface area contributed by atoms with E-state index in [0.717, 1.165) is 89.9 Å². The molecule has 0 saturated heterocycles. The molecule has 6 nitrogen and oxygen atoms in total. The largest absolute Gasteiger partial charge is 0.435 e. The Kier molecular flexibility index (Phi) is 11.3. The van der Waals surface area contributed by atoms with Crippen molar-refractivity contribution in [1.82, 2.24) is 9.97 Å². The smallest absolute Gasteiger partial charge is 0.227 e. The van der Waals surface area contributed by atoms with E-state index in [1.165, 1.54) is 0 Å². The van der Waals surface area contributed by atoms with E-state index in [-0.39, 0.29) is 0 Å². The van der Waals surface area contributed by atoms with Gasteiger partial charge in [0.25, 0.3) is 0 Å². The minimum atomic E-state index is 0.592. The van der Waals surface area contributed by atoms with Gasteiger partial charge in [-0.3, -0.25) is 0 Å². The lowest BCUT2D eigenvalue weighted by Gasteiger charge is -2.12. The SMILES string of the molecule is CN(C)c1ccc(-c2nc(-c3ccc(/C=C/c4ccc(/C=C/c5ccc(-c6nc(-c7ccc(N(C)C)cc7)c(-c7ccccc7)o6)cc5)cc4)cc3)oc2-c2ccccc2)cc1. The van der Waals surface area contributed by atoms with Crippen LogP contribution in [0.25, 0.3) is 92.4 Å². The van der Waals surface area contributed by atoms with Crippen molar-refractivity contribution in [3.63, 3.8) is 0 Å². The highest BCUT2D eigenvalue weighted by atomic mass is 16.4. The quantitative estimate of drug-likeness (QED) is 0.115. The molecule has 2 aromatic heterocycles. The van der Waals surface area contributed by atoms with Gasteiger partial charge >= 0.3 is 0 Å². The first-order valence-electron chi connectivity index (χ1n) is 20.7. The Morgan fingerprint density at radius 2 is 0.613 bits per heavy atom. The van der Waals surface area contributed by atoms with Gasteiger partial charge in [0.1, 0.15) is 11.4 Å². The van der Waals surface area contributed by atoms with E-state index in [1.54, 1.807) is 0 Å². The highest BCUT2D eigenvalue weighted by Gasteiger charge is 2.20. The van der Waals surface area contributed by atoms with Crippen LogP contribution in [0.15, 0.2) is 191 Å². The number of oxazole rings is 2. The van der Waals surface area contributed by atoms with Gasteiger partial charge in [0.15, 0.2) is 11.5 Å². The van der Waals surface area contributed by atoms with Crippen molar-refractivity contribution in [1.29, 1.82) is 0 Å². The second-order valence-electron chi connectivity index (χ2n) is 15.6. The number of hydrogen-bond acceptors (Lipinski definition) is 6. The summed E-state index contributed by atoms with van der Waals surface area (Å²) < 4.78 is 12.9. The van der Waals surface area contributed by atoms with Crippen LogP contribution in [0.1, 0.15) is 22.3 Å². The molecule has 62 heavy (non-hydrogen) atoms. The minimum Gasteiger partial charge on any atom is -0.435 e. The average molecular weight is 807 g/mol. The molecule has 0 radical (unpaired) electrons. The molecule has 0 aliphatic rings. The number of hydrogen-bond donors (Lipinski definition) is 0. The van der Waals surface area contributed by atoms with E-state index in [9.17, 15) is 0 Å². The molecular formula is C56H46N4O2. The monoisotopic (exact) mass is 806 g/mol. The Morgan fingerprint density at radius 1 is 0.323 bits per heavy atom. The third-order valence-corrected chi connectivity index (χ3v) is 10.8.